The van der Waals surface area contributed by atoms with E-state index in [0.717, 1.165) is 34.3 Å². The van der Waals surface area contributed by atoms with Crippen molar-refractivity contribution >= 4 is 17.2 Å². The van der Waals surface area contributed by atoms with E-state index in [1.807, 2.05) is 53.5 Å². The second kappa shape index (κ2) is 8.14. The van der Waals surface area contributed by atoms with Crippen LogP contribution in [0.4, 0.5) is 11.4 Å². The third-order valence-corrected chi connectivity index (χ3v) is 4.82. The van der Waals surface area contributed by atoms with E-state index in [1.165, 1.54) is 5.56 Å². The van der Waals surface area contributed by atoms with E-state index in [1.54, 1.807) is 14.2 Å². The van der Waals surface area contributed by atoms with Gasteiger partial charge in [-0.15, -0.1) is 0 Å². The lowest BCUT2D eigenvalue weighted by Crippen LogP contribution is -2.53. The number of amidine groups is 1. The smallest absolute Gasteiger partial charge is 0.172 e. The van der Waals surface area contributed by atoms with Crippen LogP contribution in [0.3, 0.4) is 0 Å². The van der Waals surface area contributed by atoms with Gasteiger partial charge in [-0.05, 0) is 55.5 Å². The van der Waals surface area contributed by atoms with Gasteiger partial charge in [0.25, 0.3) is 0 Å². The van der Waals surface area contributed by atoms with Crippen molar-refractivity contribution in [2.45, 2.75) is 6.92 Å². The quantitative estimate of drug-likeness (QED) is 0.711. The number of nitrogens with one attached hydrogen (secondary N) is 1. The fraction of sp³-hybridized carbons (Fsp3) is 0.174. The Morgan fingerprint density at radius 1 is 0.759 bits per heavy atom. The third-order valence-electron chi connectivity index (χ3n) is 4.82. The van der Waals surface area contributed by atoms with E-state index in [-0.39, 0.29) is 0 Å². The molecule has 148 valence electrons. The second-order valence-corrected chi connectivity index (χ2v) is 6.79. The summed E-state index contributed by atoms with van der Waals surface area (Å²) < 4.78 is 10.6. The van der Waals surface area contributed by atoms with Crippen LogP contribution >= 0.6 is 0 Å². The summed E-state index contributed by atoms with van der Waals surface area (Å²) in [5, 5.41) is 8.88. The Bertz CT molecular complexity index is 983. The zero-order valence-corrected chi connectivity index (χ0v) is 16.8. The molecule has 3 aromatic carbocycles. The lowest BCUT2D eigenvalue weighted by molar-refractivity contribution is 0.414. The normalized spacial score (nSPS) is 13.6. The van der Waals surface area contributed by atoms with Crippen molar-refractivity contribution in [3.8, 4) is 11.5 Å². The number of benzene rings is 3. The van der Waals surface area contributed by atoms with Crippen LogP contribution in [-0.4, -0.2) is 26.7 Å². The molecule has 0 spiro atoms. The molecular weight excluding hydrogens is 364 g/mol. The fourth-order valence-electron chi connectivity index (χ4n) is 3.11. The minimum absolute atomic E-state index is 0.550. The minimum Gasteiger partial charge on any atom is -0.497 e. The second-order valence-electron chi connectivity index (χ2n) is 6.79. The molecule has 0 radical (unpaired) electrons. The van der Waals surface area contributed by atoms with Crippen LogP contribution in [0, 0.1) is 6.92 Å². The van der Waals surface area contributed by atoms with Gasteiger partial charge in [0.2, 0.25) is 0 Å². The maximum Gasteiger partial charge on any atom is 0.172 e. The summed E-state index contributed by atoms with van der Waals surface area (Å²) in [6.07, 6.45) is 0. The first-order chi connectivity index (χ1) is 14.2. The highest BCUT2D eigenvalue weighted by atomic mass is 16.5. The number of anilines is 2. The highest BCUT2D eigenvalue weighted by molar-refractivity contribution is 6.00. The maximum atomic E-state index is 5.29. The molecular formula is C23H24N4O2. The molecule has 0 amide bonds. The largest absolute Gasteiger partial charge is 0.497 e. The first-order valence-corrected chi connectivity index (χ1v) is 9.42. The number of aryl methyl sites for hydroxylation is 1. The monoisotopic (exact) mass is 388 g/mol. The van der Waals surface area contributed by atoms with Gasteiger partial charge in [-0.25, -0.2) is 5.01 Å². The van der Waals surface area contributed by atoms with Crippen molar-refractivity contribution < 1.29 is 9.47 Å². The van der Waals surface area contributed by atoms with Crippen molar-refractivity contribution in [2.24, 2.45) is 5.10 Å². The Morgan fingerprint density at radius 2 is 1.31 bits per heavy atom. The molecule has 0 aliphatic carbocycles. The molecule has 0 saturated heterocycles. The van der Waals surface area contributed by atoms with E-state index in [0.29, 0.717) is 6.67 Å². The summed E-state index contributed by atoms with van der Waals surface area (Å²) in [6.45, 7) is 2.63. The average Bonchev–Trinajstić information content (AvgIpc) is 2.79. The minimum atomic E-state index is 0.550. The first kappa shape index (κ1) is 18.7. The van der Waals surface area contributed by atoms with E-state index < -0.39 is 0 Å². The number of rotatable bonds is 5. The zero-order chi connectivity index (χ0) is 20.2. The Labute approximate surface area is 170 Å². The molecule has 6 heteroatoms. The molecule has 1 heterocycles. The molecule has 1 N–H and O–H groups in total. The Morgan fingerprint density at radius 3 is 1.86 bits per heavy atom. The zero-order valence-electron chi connectivity index (χ0n) is 16.8. The van der Waals surface area contributed by atoms with Gasteiger partial charge in [0.1, 0.15) is 18.2 Å². The molecule has 0 fully saturated rings. The predicted molar refractivity (Wildman–Crippen MR) is 117 cm³/mol. The van der Waals surface area contributed by atoms with Gasteiger partial charge in [-0.1, -0.05) is 29.8 Å². The number of hydrogen-bond acceptors (Lipinski definition) is 6. The van der Waals surface area contributed by atoms with Gasteiger partial charge in [-0.2, -0.15) is 5.10 Å². The van der Waals surface area contributed by atoms with Gasteiger partial charge in [-0.3, -0.25) is 10.4 Å². The van der Waals surface area contributed by atoms with Gasteiger partial charge >= 0.3 is 0 Å². The Kier molecular flexibility index (Phi) is 5.24. The topological polar surface area (TPSA) is 49.3 Å². The van der Waals surface area contributed by atoms with E-state index in [9.17, 15) is 0 Å². The maximum absolute atomic E-state index is 5.29. The molecule has 0 aromatic heterocycles. The third kappa shape index (κ3) is 4.11. The van der Waals surface area contributed by atoms with E-state index in [2.05, 4.69) is 41.6 Å². The SMILES string of the molecule is COc1ccc(N2CN(c3ccc(OC)cc3)NC(c3ccc(C)cc3)=N2)cc1. The first-order valence-electron chi connectivity index (χ1n) is 9.42. The Hall–Kier alpha value is -3.67. The molecule has 6 nitrogen and oxygen atoms in total. The molecule has 0 saturated carbocycles. The molecule has 1 aliphatic rings. The lowest BCUT2D eigenvalue weighted by atomic mass is 10.1. The Balaban J connectivity index is 1.69. The van der Waals surface area contributed by atoms with E-state index in [4.69, 9.17) is 14.6 Å². The van der Waals surface area contributed by atoms with Gasteiger partial charge in [0.05, 0.1) is 25.6 Å². The van der Waals surface area contributed by atoms with Crippen molar-refractivity contribution in [3.05, 3.63) is 83.9 Å². The predicted octanol–water partition coefficient (Wildman–Crippen LogP) is 4.16. The van der Waals surface area contributed by atoms with Crippen LogP contribution in [0.25, 0.3) is 0 Å². The summed E-state index contributed by atoms with van der Waals surface area (Å²) in [4.78, 5) is 0. The van der Waals surface area contributed by atoms with Crippen molar-refractivity contribution in [1.29, 1.82) is 0 Å². The molecule has 1 aliphatic heterocycles. The average molecular weight is 388 g/mol. The van der Waals surface area contributed by atoms with Gasteiger partial charge in [0.15, 0.2) is 5.84 Å². The van der Waals surface area contributed by atoms with Crippen LogP contribution < -0.4 is 24.9 Å². The van der Waals surface area contributed by atoms with Crippen LogP contribution in [-0.2, 0) is 0 Å². The number of hydrazone groups is 1. The van der Waals surface area contributed by atoms with Gasteiger partial charge < -0.3 is 9.47 Å². The highest BCUT2D eigenvalue weighted by Crippen LogP contribution is 2.25. The van der Waals surface area contributed by atoms with Crippen LogP contribution in [0.15, 0.2) is 77.9 Å². The number of methoxy groups -OCH3 is 2. The number of ether oxygens (including phenoxy) is 2. The van der Waals surface area contributed by atoms with Crippen LogP contribution in [0.2, 0.25) is 0 Å². The van der Waals surface area contributed by atoms with Crippen molar-refractivity contribution in [1.82, 2.24) is 5.43 Å². The summed E-state index contributed by atoms with van der Waals surface area (Å²) in [7, 11) is 3.33. The molecule has 3 aromatic rings. The molecule has 0 unspecified atom stereocenters. The van der Waals surface area contributed by atoms with Crippen LogP contribution in [0.1, 0.15) is 11.1 Å². The molecule has 0 bridgehead atoms. The summed E-state index contributed by atoms with van der Waals surface area (Å²) >= 11 is 0. The molecule has 29 heavy (non-hydrogen) atoms. The summed E-state index contributed by atoms with van der Waals surface area (Å²) in [5.74, 6) is 2.42. The molecule has 4 rings (SSSR count). The van der Waals surface area contributed by atoms with E-state index >= 15 is 0 Å². The summed E-state index contributed by atoms with van der Waals surface area (Å²) in [5.41, 5.74) is 7.67. The molecule has 0 atom stereocenters. The number of hydrogen-bond donors (Lipinski definition) is 1. The van der Waals surface area contributed by atoms with Crippen LogP contribution in [0.5, 0.6) is 11.5 Å². The number of hydrazine groups is 1. The van der Waals surface area contributed by atoms with Crippen molar-refractivity contribution in [3.63, 3.8) is 0 Å². The lowest BCUT2D eigenvalue weighted by Gasteiger charge is -2.36. The number of nitrogens with zero attached hydrogens (tertiary/aromatic N) is 3. The standard InChI is InChI=1S/C23H24N4O2/c1-17-4-6-18(7-5-17)23-24-26(19-8-12-21(28-2)13-9-19)16-27(25-23)20-10-14-22(29-3)15-11-20/h4-15H,16H2,1-3H3,(H,24,25). The van der Waals surface area contributed by atoms with Gasteiger partial charge in [0, 0.05) is 5.56 Å². The highest BCUT2D eigenvalue weighted by Gasteiger charge is 2.21. The van der Waals surface area contributed by atoms with Crippen molar-refractivity contribution in [2.75, 3.05) is 30.9 Å². The summed E-state index contributed by atoms with van der Waals surface area (Å²) in [6, 6.07) is 24.2. The fourth-order valence-corrected chi connectivity index (χ4v) is 3.11.